The number of nitrogens with one attached hydrogen (secondary N) is 2. The summed E-state index contributed by atoms with van der Waals surface area (Å²) in [5.74, 6) is 0.117. The molecule has 1 fully saturated rings. The summed E-state index contributed by atoms with van der Waals surface area (Å²) >= 11 is 5.85. The molecule has 0 aliphatic carbocycles. The van der Waals surface area contributed by atoms with Gasteiger partial charge in [0.05, 0.1) is 19.1 Å². The number of anilines is 1. The summed E-state index contributed by atoms with van der Waals surface area (Å²) in [5, 5.41) is 6.26. The molecule has 3 rings (SSSR count). The Hall–Kier alpha value is -2.57. The van der Waals surface area contributed by atoms with E-state index < -0.39 is 0 Å². The zero-order chi connectivity index (χ0) is 20.6. The summed E-state index contributed by atoms with van der Waals surface area (Å²) in [6, 6.07) is 14.6. The maximum Gasteiger partial charge on any atom is 0.319 e. The molecule has 1 aliphatic rings. The highest BCUT2D eigenvalue weighted by Crippen LogP contribution is 2.19. The summed E-state index contributed by atoms with van der Waals surface area (Å²) in [6.45, 7) is 1.79. The molecule has 1 atom stereocenters. The second-order valence-corrected chi connectivity index (χ2v) is 7.58. The number of methoxy groups -OCH3 is 1. The lowest BCUT2D eigenvalue weighted by Crippen LogP contribution is -2.39. The number of carbonyl (C=O) groups is 2. The van der Waals surface area contributed by atoms with E-state index in [0.29, 0.717) is 30.3 Å². The Kier molecular flexibility index (Phi) is 7.49. The molecule has 1 saturated heterocycles. The Morgan fingerprint density at radius 1 is 1.10 bits per heavy atom. The molecule has 0 aromatic heterocycles. The summed E-state index contributed by atoms with van der Waals surface area (Å²) in [5.41, 5.74) is 2.56. The second-order valence-electron chi connectivity index (χ2n) is 7.15. The van der Waals surface area contributed by atoms with Gasteiger partial charge in [0.25, 0.3) is 0 Å². The van der Waals surface area contributed by atoms with Crippen molar-refractivity contribution in [3.8, 4) is 0 Å². The number of amides is 3. The first kappa shape index (κ1) is 21.1. The van der Waals surface area contributed by atoms with Crippen LogP contribution in [0.2, 0.25) is 5.02 Å². The van der Waals surface area contributed by atoms with Gasteiger partial charge in [-0.15, -0.1) is 0 Å². The van der Waals surface area contributed by atoms with E-state index in [1.54, 1.807) is 31.4 Å². The maximum absolute atomic E-state index is 12.6. The van der Waals surface area contributed by atoms with Gasteiger partial charge in [-0.25, -0.2) is 4.79 Å². The van der Waals surface area contributed by atoms with E-state index >= 15 is 0 Å². The van der Waals surface area contributed by atoms with Crippen LogP contribution >= 0.6 is 11.6 Å². The van der Waals surface area contributed by atoms with Gasteiger partial charge in [-0.3, -0.25) is 4.79 Å². The lowest BCUT2D eigenvalue weighted by atomic mass is 10.1. The summed E-state index contributed by atoms with van der Waals surface area (Å²) in [7, 11) is 1.66. The Morgan fingerprint density at radius 3 is 2.48 bits per heavy atom. The molecular formula is C22H26ClN3O3. The first-order valence-electron chi connectivity index (χ1n) is 9.72. The van der Waals surface area contributed by atoms with Gasteiger partial charge in [0.1, 0.15) is 0 Å². The lowest BCUT2D eigenvalue weighted by molar-refractivity contribution is -0.132. The minimum atomic E-state index is -0.289. The van der Waals surface area contributed by atoms with E-state index in [0.717, 1.165) is 30.5 Å². The fraction of sp³-hybridized carbons (Fsp3) is 0.364. The molecule has 0 unspecified atom stereocenters. The fourth-order valence-corrected chi connectivity index (χ4v) is 3.60. The van der Waals surface area contributed by atoms with E-state index in [9.17, 15) is 9.59 Å². The van der Waals surface area contributed by atoms with Crippen molar-refractivity contribution in [1.82, 2.24) is 10.2 Å². The Bertz CT molecular complexity index is 824. The van der Waals surface area contributed by atoms with Gasteiger partial charge >= 0.3 is 6.03 Å². The van der Waals surface area contributed by atoms with Crippen LogP contribution in [0.5, 0.6) is 0 Å². The number of rotatable bonds is 7. The van der Waals surface area contributed by atoms with E-state index in [2.05, 4.69) is 10.6 Å². The SMILES string of the molecule is COC[C@@H]1CCCN1C(=O)Cc1ccc(NC(=O)NCc2ccc(Cl)cc2)cc1. The van der Waals surface area contributed by atoms with Crippen LogP contribution in [0.1, 0.15) is 24.0 Å². The molecule has 2 aromatic rings. The van der Waals surface area contributed by atoms with Crippen molar-refractivity contribution >= 4 is 29.2 Å². The number of likely N-dealkylation sites (tertiary alicyclic amines) is 1. The van der Waals surface area contributed by atoms with Gasteiger partial charge in [0, 0.05) is 30.9 Å². The highest BCUT2D eigenvalue weighted by Gasteiger charge is 2.28. The zero-order valence-corrected chi connectivity index (χ0v) is 17.2. The van der Waals surface area contributed by atoms with Crippen molar-refractivity contribution in [3.05, 3.63) is 64.7 Å². The van der Waals surface area contributed by atoms with Crippen LogP contribution in [0.25, 0.3) is 0 Å². The molecular weight excluding hydrogens is 390 g/mol. The van der Waals surface area contributed by atoms with Gasteiger partial charge in [-0.2, -0.15) is 0 Å². The van der Waals surface area contributed by atoms with E-state index in [1.807, 2.05) is 29.2 Å². The van der Waals surface area contributed by atoms with Crippen LogP contribution in [-0.2, 0) is 22.5 Å². The summed E-state index contributed by atoms with van der Waals surface area (Å²) in [6.07, 6.45) is 2.37. The van der Waals surface area contributed by atoms with Crippen molar-refractivity contribution in [2.45, 2.75) is 31.8 Å². The Morgan fingerprint density at radius 2 is 1.79 bits per heavy atom. The lowest BCUT2D eigenvalue weighted by Gasteiger charge is -2.24. The first-order chi connectivity index (χ1) is 14.0. The molecule has 3 amide bonds. The average Bonchev–Trinajstić information content (AvgIpc) is 3.18. The van der Waals surface area contributed by atoms with E-state index in [-0.39, 0.29) is 18.0 Å². The van der Waals surface area contributed by atoms with Gasteiger partial charge < -0.3 is 20.3 Å². The molecule has 6 nitrogen and oxygen atoms in total. The number of hydrogen-bond acceptors (Lipinski definition) is 3. The van der Waals surface area contributed by atoms with E-state index in [4.69, 9.17) is 16.3 Å². The maximum atomic E-state index is 12.6. The molecule has 7 heteroatoms. The van der Waals surface area contributed by atoms with Crippen LogP contribution in [0.15, 0.2) is 48.5 Å². The van der Waals surface area contributed by atoms with Crippen molar-refractivity contribution in [1.29, 1.82) is 0 Å². The number of carbonyl (C=O) groups excluding carboxylic acids is 2. The molecule has 0 bridgehead atoms. The fourth-order valence-electron chi connectivity index (χ4n) is 3.47. The zero-order valence-electron chi connectivity index (χ0n) is 16.5. The third-order valence-corrected chi connectivity index (χ3v) is 5.24. The van der Waals surface area contributed by atoms with Gasteiger partial charge in [0.15, 0.2) is 0 Å². The van der Waals surface area contributed by atoms with Gasteiger partial charge in [-0.05, 0) is 48.2 Å². The van der Waals surface area contributed by atoms with Crippen LogP contribution in [0.4, 0.5) is 10.5 Å². The molecule has 2 N–H and O–H groups in total. The topological polar surface area (TPSA) is 70.7 Å². The number of nitrogens with zero attached hydrogens (tertiary/aromatic N) is 1. The minimum absolute atomic E-state index is 0.117. The third-order valence-electron chi connectivity index (χ3n) is 4.99. The number of hydrogen-bond donors (Lipinski definition) is 2. The quantitative estimate of drug-likeness (QED) is 0.721. The predicted octanol–water partition coefficient (Wildman–Crippen LogP) is 3.84. The highest BCUT2D eigenvalue weighted by molar-refractivity contribution is 6.30. The van der Waals surface area contributed by atoms with Gasteiger partial charge in [-0.1, -0.05) is 35.9 Å². The number of benzene rings is 2. The second kappa shape index (κ2) is 10.3. The normalized spacial score (nSPS) is 15.9. The summed E-state index contributed by atoms with van der Waals surface area (Å²) < 4.78 is 5.22. The standard InChI is InChI=1S/C22H26ClN3O3/c1-29-15-20-3-2-12-26(20)21(27)13-16-6-10-19(11-7-16)25-22(28)24-14-17-4-8-18(23)9-5-17/h4-11,20H,2-3,12-15H2,1H3,(H2,24,25,28)/t20-/m0/s1. The van der Waals surface area contributed by atoms with Crippen LogP contribution in [-0.4, -0.2) is 43.1 Å². The monoisotopic (exact) mass is 415 g/mol. The van der Waals surface area contributed by atoms with Gasteiger partial charge in [0.2, 0.25) is 5.91 Å². The smallest absolute Gasteiger partial charge is 0.319 e. The van der Waals surface area contributed by atoms with Crippen molar-refractivity contribution in [3.63, 3.8) is 0 Å². The number of halogens is 1. The van der Waals surface area contributed by atoms with Crippen molar-refractivity contribution in [2.24, 2.45) is 0 Å². The largest absolute Gasteiger partial charge is 0.383 e. The predicted molar refractivity (Wildman–Crippen MR) is 114 cm³/mol. The molecule has 154 valence electrons. The number of ether oxygens (including phenoxy) is 1. The first-order valence-corrected chi connectivity index (χ1v) is 10.1. The molecule has 0 saturated carbocycles. The minimum Gasteiger partial charge on any atom is -0.383 e. The van der Waals surface area contributed by atoms with Crippen LogP contribution < -0.4 is 10.6 Å². The number of urea groups is 1. The molecule has 2 aromatic carbocycles. The summed E-state index contributed by atoms with van der Waals surface area (Å²) in [4.78, 5) is 26.6. The molecule has 29 heavy (non-hydrogen) atoms. The molecule has 1 heterocycles. The van der Waals surface area contributed by atoms with Crippen molar-refractivity contribution < 1.29 is 14.3 Å². The average molecular weight is 416 g/mol. The highest BCUT2D eigenvalue weighted by atomic mass is 35.5. The van der Waals surface area contributed by atoms with Crippen LogP contribution in [0, 0.1) is 0 Å². The van der Waals surface area contributed by atoms with Crippen molar-refractivity contribution in [2.75, 3.05) is 25.6 Å². The molecule has 1 aliphatic heterocycles. The Balaban J connectivity index is 1.47. The molecule has 0 spiro atoms. The Labute approximate surface area is 176 Å². The molecule has 0 radical (unpaired) electrons. The van der Waals surface area contributed by atoms with Crippen LogP contribution in [0.3, 0.4) is 0 Å². The third kappa shape index (κ3) is 6.21. The van der Waals surface area contributed by atoms with E-state index in [1.165, 1.54) is 0 Å².